The Kier molecular flexibility index (Phi) is 6.91. The Morgan fingerprint density at radius 2 is 2.08 bits per heavy atom. The minimum atomic E-state index is -0.503. The third-order valence-electron chi connectivity index (χ3n) is 7.20. The van der Waals surface area contributed by atoms with Crippen molar-refractivity contribution in [1.29, 1.82) is 0 Å². The Hall–Kier alpha value is -4.35. The number of nitrogen functional groups attached to an aromatic ring is 1. The van der Waals surface area contributed by atoms with E-state index >= 15 is 0 Å². The van der Waals surface area contributed by atoms with Crippen LogP contribution in [0.2, 0.25) is 0 Å². The number of H-pyrrole nitrogens is 1. The van der Waals surface area contributed by atoms with Crippen LogP contribution in [0.4, 0.5) is 10.2 Å². The molecule has 0 aliphatic carbocycles. The number of aromatic amines is 1. The number of nitrogens with one attached hydrogen (secondary N) is 2. The van der Waals surface area contributed by atoms with Crippen LogP contribution in [0.15, 0.2) is 48.7 Å². The fourth-order valence-electron chi connectivity index (χ4n) is 4.98. The molecule has 2 aromatic carbocycles. The lowest BCUT2D eigenvalue weighted by atomic mass is 10.0. The Balaban J connectivity index is 1.24. The highest BCUT2D eigenvalue weighted by molar-refractivity contribution is 7.15. The molecule has 0 saturated carbocycles. The van der Waals surface area contributed by atoms with Gasteiger partial charge >= 0.3 is 0 Å². The highest BCUT2D eigenvalue weighted by Crippen LogP contribution is 2.38. The van der Waals surface area contributed by atoms with Gasteiger partial charge in [0, 0.05) is 42.7 Å². The van der Waals surface area contributed by atoms with E-state index in [1.54, 1.807) is 11.3 Å². The van der Waals surface area contributed by atoms with Crippen molar-refractivity contribution in [2.24, 2.45) is 0 Å². The molecule has 4 N–H and O–H groups in total. The Morgan fingerprint density at radius 3 is 2.85 bits per heavy atom. The first-order chi connectivity index (χ1) is 19.4. The van der Waals surface area contributed by atoms with Crippen LogP contribution in [0.1, 0.15) is 33.4 Å². The summed E-state index contributed by atoms with van der Waals surface area (Å²) in [6.07, 6.45) is 2.78. The van der Waals surface area contributed by atoms with Gasteiger partial charge in [0.1, 0.15) is 16.6 Å². The zero-order valence-electron chi connectivity index (χ0n) is 22.1. The molecule has 4 heterocycles. The zero-order chi connectivity index (χ0) is 27.8. The molecular weight excluding hydrogens is 529 g/mol. The molecule has 40 heavy (non-hydrogen) atoms. The number of likely N-dealkylation sites (N-methyl/N-ethyl adjacent to an activating group) is 1. The normalized spacial score (nSPS) is 13.4. The van der Waals surface area contributed by atoms with E-state index < -0.39 is 11.7 Å². The van der Waals surface area contributed by atoms with Gasteiger partial charge in [0.2, 0.25) is 0 Å². The van der Waals surface area contributed by atoms with Crippen LogP contribution in [0.25, 0.3) is 32.7 Å². The second-order valence-electron chi connectivity index (χ2n) is 9.61. The quantitative estimate of drug-likeness (QED) is 0.263. The minimum absolute atomic E-state index is 0.144. The summed E-state index contributed by atoms with van der Waals surface area (Å²) in [6, 6.07) is 11.5. The number of carbonyl (C=O) groups excluding carboxylic acids is 1. The average molecular weight is 558 g/mol. The lowest BCUT2D eigenvalue weighted by Crippen LogP contribution is -2.29. The number of rotatable bonds is 7. The summed E-state index contributed by atoms with van der Waals surface area (Å²) < 4.78 is 18.9. The summed E-state index contributed by atoms with van der Waals surface area (Å²) in [6.45, 7) is 5.41. The molecule has 0 unspecified atom stereocenters. The lowest BCUT2D eigenvalue weighted by Gasteiger charge is -2.23. The number of nitrogens with two attached hydrogens (primary N) is 1. The van der Waals surface area contributed by atoms with E-state index in [0.717, 1.165) is 70.4 Å². The molecule has 0 atom stereocenters. The molecule has 6 rings (SSSR count). The standard InChI is InChI=1S/C29H28FN7O2S/c1-3-37-11-10-21-23(15-37)40-29(34-21)20-14-32-25(24-26(20)35-36-27(24)31)17-6-4-16(5-7-17)13-33-28(38)19-12-18(30)8-9-22(19)39-2/h4-9,12,14H,3,10-11,13,15H2,1-2H3,(H,33,38)(H3,31,35,36). The zero-order valence-corrected chi connectivity index (χ0v) is 22.9. The maximum absolute atomic E-state index is 13.7. The number of thiazole rings is 1. The largest absolute Gasteiger partial charge is 0.496 e. The third-order valence-corrected chi connectivity index (χ3v) is 8.31. The summed E-state index contributed by atoms with van der Waals surface area (Å²) in [7, 11) is 1.44. The van der Waals surface area contributed by atoms with Crippen LogP contribution in [-0.4, -0.2) is 51.2 Å². The van der Waals surface area contributed by atoms with Gasteiger partial charge in [0.05, 0.1) is 40.5 Å². The lowest BCUT2D eigenvalue weighted by molar-refractivity contribution is 0.0947. The van der Waals surface area contributed by atoms with Crippen molar-refractivity contribution in [3.8, 4) is 27.6 Å². The van der Waals surface area contributed by atoms with Gasteiger partial charge in [-0.1, -0.05) is 31.2 Å². The first kappa shape index (κ1) is 25.9. The number of halogens is 1. The number of hydrogen-bond acceptors (Lipinski definition) is 8. The molecule has 1 aliphatic rings. The van der Waals surface area contributed by atoms with E-state index in [-0.39, 0.29) is 12.1 Å². The van der Waals surface area contributed by atoms with E-state index in [9.17, 15) is 9.18 Å². The van der Waals surface area contributed by atoms with Crippen LogP contribution >= 0.6 is 11.3 Å². The summed E-state index contributed by atoms with van der Waals surface area (Å²) in [5.74, 6) is -0.238. The molecule has 0 spiro atoms. The molecule has 9 nitrogen and oxygen atoms in total. The predicted molar refractivity (Wildman–Crippen MR) is 154 cm³/mol. The second-order valence-corrected chi connectivity index (χ2v) is 10.7. The number of hydrogen-bond donors (Lipinski definition) is 3. The molecule has 0 saturated heterocycles. The van der Waals surface area contributed by atoms with E-state index in [0.29, 0.717) is 17.3 Å². The van der Waals surface area contributed by atoms with Gasteiger partial charge in [-0.3, -0.25) is 19.8 Å². The van der Waals surface area contributed by atoms with E-state index in [2.05, 4.69) is 27.3 Å². The van der Waals surface area contributed by atoms with Crippen LogP contribution < -0.4 is 15.8 Å². The fourth-order valence-corrected chi connectivity index (χ4v) is 6.15. The van der Waals surface area contributed by atoms with E-state index in [4.69, 9.17) is 20.4 Å². The second kappa shape index (κ2) is 10.7. The van der Waals surface area contributed by atoms with Gasteiger partial charge in [-0.25, -0.2) is 9.37 Å². The van der Waals surface area contributed by atoms with Crippen molar-refractivity contribution < 1.29 is 13.9 Å². The topological polar surface area (TPSA) is 122 Å². The summed E-state index contributed by atoms with van der Waals surface area (Å²) in [4.78, 5) is 26.1. The first-order valence-corrected chi connectivity index (χ1v) is 13.8. The van der Waals surface area contributed by atoms with E-state index in [1.165, 1.54) is 24.1 Å². The smallest absolute Gasteiger partial charge is 0.255 e. The summed E-state index contributed by atoms with van der Waals surface area (Å²) in [5, 5.41) is 11.9. The molecule has 1 aliphatic heterocycles. The number of aromatic nitrogens is 4. The third kappa shape index (κ3) is 4.78. The van der Waals surface area contributed by atoms with Gasteiger partial charge < -0.3 is 15.8 Å². The minimum Gasteiger partial charge on any atom is -0.496 e. The number of nitrogens with zero attached hydrogens (tertiary/aromatic N) is 4. The number of benzene rings is 2. The molecule has 5 aromatic rings. The van der Waals surface area contributed by atoms with Crippen molar-refractivity contribution in [1.82, 2.24) is 30.4 Å². The average Bonchev–Trinajstić information content (AvgIpc) is 3.59. The van der Waals surface area contributed by atoms with Crippen molar-refractivity contribution in [3.05, 3.63) is 76.2 Å². The van der Waals surface area contributed by atoms with Gasteiger partial charge in [-0.2, -0.15) is 5.10 Å². The number of anilines is 1. The highest BCUT2D eigenvalue weighted by Gasteiger charge is 2.23. The van der Waals surface area contributed by atoms with Crippen molar-refractivity contribution in [2.75, 3.05) is 25.9 Å². The monoisotopic (exact) mass is 557 g/mol. The molecule has 204 valence electrons. The number of ether oxygens (including phenoxy) is 1. The Bertz CT molecular complexity index is 1710. The fraction of sp³-hybridized carbons (Fsp3) is 0.241. The molecular formula is C29H28FN7O2S. The first-order valence-electron chi connectivity index (χ1n) is 13.0. The molecule has 1 amide bonds. The number of methoxy groups -OCH3 is 1. The van der Waals surface area contributed by atoms with Crippen LogP contribution in [0.3, 0.4) is 0 Å². The molecule has 0 radical (unpaired) electrons. The van der Waals surface area contributed by atoms with Gasteiger partial charge in [0.15, 0.2) is 5.82 Å². The molecule has 3 aromatic heterocycles. The summed E-state index contributed by atoms with van der Waals surface area (Å²) in [5.41, 5.74) is 11.7. The van der Waals surface area contributed by atoms with Crippen LogP contribution in [-0.2, 0) is 19.5 Å². The predicted octanol–water partition coefficient (Wildman–Crippen LogP) is 4.79. The van der Waals surface area contributed by atoms with Gasteiger partial charge in [0.25, 0.3) is 5.91 Å². The molecule has 0 bridgehead atoms. The van der Waals surface area contributed by atoms with E-state index in [1.807, 2.05) is 30.5 Å². The molecule has 0 fully saturated rings. The van der Waals surface area contributed by atoms with Crippen molar-refractivity contribution >= 4 is 34.0 Å². The summed E-state index contributed by atoms with van der Waals surface area (Å²) >= 11 is 1.70. The van der Waals surface area contributed by atoms with Crippen molar-refractivity contribution in [2.45, 2.75) is 26.4 Å². The number of carbonyl (C=O) groups is 1. The maximum Gasteiger partial charge on any atom is 0.255 e. The molecule has 11 heteroatoms. The van der Waals surface area contributed by atoms with Gasteiger partial charge in [-0.15, -0.1) is 11.3 Å². The SMILES string of the molecule is CCN1CCc2nc(-c3cnc(-c4ccc(CNC(=O)c5cc(F)ccc5OC)cc4)c4c(N)n[nH]c34)sc2C1. The number of pyridine rings is 1. The Labute approximate surface area is 234 Å². The van der Waals surface area contributed by atoms with Gasteiger partial charge in [-0.05, 0) is 30.3 Å². The van der Waals surface area contributed by atoms with Crippen molar-refractivity contribution in [3.63, 3.8) is 0 Å². The highest BCUT2D eigenvalue weighted by atomic mass is 32.1. The van der Waals surface area contributed by atoms with Crippen LogP contribution in [0.5, 0.6) is 5.75 Å². The van der Waals surface area contributed by atoms with Crippen LogP contribution in [0, 0.1) is 5.82 Å². The Morgan fingerprint density at radius 1 is 1.25 bits per heavy atom. The maximum atomic E-state index is 13.7. The number of amides is 1. The number of fused-ring (bicyclic) bond motifs is 2.